The van der Waals surface area contributed by atoms with Gasteiger partial charge in [-0.2, -0.15) is 13.2 Å². The maximum atomic E-state index is 12.9. The fourth-order valence-corrected chi connectivity index (χ4v) is 1.49. The van der Waals surface area contributed by atoms with Crippen molar-refractivity contribution in [1.82, 2.24) is 5.32 Å². The number of hydrogen-bond donors (Lipinski definition) is 2. The third-order valence-corrected chi connectivity index (χ3v) is 2.58. The summed E-state index contributed by atoms with van der Waals surface area (Å²) in [6, 6.07) is 1.19. The highest BCUT2D eigenvalue weighted by atomic mass is 19.4. The maximum Gasteiger partial charge on any atom is 0.417 e. The molecule has 1 aromatic carbocycles. The van der Waals surface area contributed by atoms with Crippen LogP contribution >= 0.6 is 0 Å². The van der Waals surface area contributed by atoms with Crippen LogP contribution in [0, 0.1) is 5.82 Å². The highest BCUT2D eigenvalue weighted by Gasteiger charge is 2.35. The highest BCUT2D eigenvalue weighted by Crippen LogP contribution is 2.32. The molecular formula is C12H13F4NO2. The molecule has 0 aliphatic rings. The van der Waals surface area contributed by atoms with Crippen LogP contribution < -0.4 is 5.32 Å². The first kappa shape index (κ1) is 15.4. The Morgan fingerprint density at radius 1 is 1.42 bits per heavy atom. The topological polar surface area (TPSA) is 49.3 Å². The van der Waals surface area contributed by atoms with Gasteiger partial charge in [-0.15, -0.1) is 0 Å². The number of carbonyl (C=O) groups excluding carboxylic acids is 1. The Morgan fingerprint density at radius 2 is 2.05 bits per heavy atom. The second-order valence-corrected chi connectivity index (χ2v) is 3.95. The average Bonchev–Trinajstić information content (AvgIpc) is 2.34. The van der Waals surface area contributed by atoms with Crippen molar-refractivity contribution in [3.05, 3.63) is 35.1 Å². The summed E-state index contributed by atoms with van der Waals surface area (Å²) in [6.45, 7) is 1.28. The first-order chi connectivity index (χ1) is 8.79. The number of alkyl halides is 3. The van der Waals surface area contributed by atoms with E-state index < -0.39 is 35.1 Å². The first-order valence-corrected chi connectivity index (χ1v) is 5.58. The van der Waals surface area contributed by atoms with E-state index in [2.05, 4.69) is 5.32 Å². The van der Waals surface area contributed by atoms with E-state index in [1.807, 2.05) is 0 Å². The van der Waals surface area contributed by atoms with Crippen LogP contribution in [0.25, 0.3) is 0 Å². The number of amides is 1. The molecule has 0 radical (unpaired) electrons. The molecule has 0 aliphatic heterocycles. The first-order valence-electron chi connectivity index (χ1n) is 5.58. The Hall–Kier alpha value is -1.63. The van der Waals surface area contributed by atoms with Crippen molar-refractivity contribution in [3.8, 4) is 0 Å². The van der Waals surface area contributed by atoms with E-state index in [9.17, 15) is 22.4 Å². The van der Waals surface area contributed by atoms with E-state index in [0.29, 0.717) is 6.42 Å². The molecule has 7 heteroatoms. The summed E-state index contributed by atoms with van der Waals surface area (Å²) in [5, 5.41) is 11.2. The van der Waals surface area contributed by atoms with Gasteiger partial charge in [-0.3, -0.25) is 4.79 Å². The molecule has 0 unspecified atom stereocenters. The molecule has 0 aromatic heterocycles. The Kier molecular flexibility index (Phi) is 4.88. The number of benzene rings is 1. The monoisotopic (exact) mass is 279 g/mol. The van der Waals surface area contributed by atoms with Crippen LogP contribution in [0.3, 0.4) is 0 Å². The Labute approximate surface area is 107 Å². The van der Waals surface area contributed by atoms with Gasteiger partial charge in [0.2, 0.25) is 0 Å². The maximum absolute atomic E-state index is 12.9. The van der Waals surface area contributed by atoms with Gasteiger partial charge in [-0.1, -0.05) is 6.92 Å². The lowest BCUT2D eigenvalue weighted by Crippen LogP contribution is -2.37. The fourth-order valence-electron chi connectivity index (χ4n) is 1.49. The number of halogens is 4. The third-order valence-electron chi connectivity index (χ3n) is 2.58. The molecule has 0 spiro atoms. The predicted octanol–water partition coefficient (Wildman–Crippen LogP) is 2.35. The Morgan fingerprint density at radius 3 is 2.53 bits per heavy atom. The van der Waals surface area contributed by atoms with Crippen LogP contribution in [0.1, 0.15) is 29.3 Å². The number of hydrogen-bond acceptors (Lipinski definition) is 2. The number of carbonyl (C=O) groups is 1. The van der Waals surface area contributed by atoms with E-state index in [4.69, 9.17) is 5.11 Å². The zero-order valence-corrected chi connectivity index (χ0v) is 10.1. The van der Waals surface area contributed by atoms with E-state index in [1.54, 1.807) is 6.92 Å². The molecule has 19 heavy (non-hydrogen) atoms. The summed E-state index contributed by atoms with van der Waals surface area (Å²) >= 11 is 0. The molecule has 0 heterocycles. The van der Waals surface area contributed by atoms with Gasteiger partial charge in [0.1, 0.15) is 5.82 Å². The molecule has 0 bridgehead atoms. The van der Waals surface area contributed by atoms with Crippen LogP contribution in [0.2, 0.25) is 0 Å². The van der Waals surface area contributed by atoms with Crippen molar-refractivity contribution >= 4 is 5.91 Å². The van der Waals surface area contributed by atoms with Crippen LogP contribution in [0.15, 0.2) is 18.2 Å². The largest absolute Gasteiger partial charge is 0.417 e. The molecule has 106 valence electrons. The van der Waals surface area contributed by atoms with Gasteiger partial charge in [-0.25, -0.2) is 4.39 Å². The lowest BCUT2D eigenvalue weighted by atomic mass is 10.1. The molecular weight excluding hydrogens is 266 g/mol. The summed E-state index contributed by atoms with van der Waals surface area (Å²) in [5.74, 6) is -2.06. The van der Waals surface area contributed by atoms with Crippen molar-refractivity contribution in [1.29, 1.82) is 0 Å². The van der Waals surface area contributed by atoms with Gasteiger partial charge < -0.3 is 10.4 Å². The number of rotatable bonds is 4. The van der Waals surface area contributed by atoms with E-state index in [0.717, 1.165) is 12.1 Å². The van der Waals surface area contributed by atoms with E-state index in [-0.39, 0.29) is 12.7 Å². The zero-order chi connectivity index (χ0) is 14.6. The van der Waals surface area contributed by atoms with Crippen molar-refractivity contribution in [2.24, 2.45) is 0 Å². The zero-order valence-electron chi connectivity index (χ0n) is 10.1. The van der Waals surface area contributed by atoms with Crippen molar-refractivity contribution in [3.63, 3.8) is 0 Å². The molecule has 0 aliphatic carbocycles. The van der Waals surface area contributed by atoms with Crippen LogP contribution in [0.4, 0.5) is 17.6 Å². The summed E-state index contributed by atoms with van der Waals surface area (Å²) < 4.78 is 50.9. The van der Waals surface area contributed by atoms with Crippen molar-refractivity contribution in [2.75, 3.05) is 6.61 Å². The normalized spacial score (nSPS) is 13.2. The van der Waals surface area contributed by atoms with Gasteiger partial charge in [0.05, 0.1) is 23.8 Å². The lowest BCUT2D eigenvalue weighted by Gasteiger charge is -2.17. The standard InChI is InChI=1S/C12H13F4NO2/c1-2-8(6-18)17-11(19)9-4-3-7(13)5-10(9)12(14,15)16/h3-5,8,18H,2,6H2,1H3,(H,17,19)/t8-/m0/s1. The van der Waals surface area contributed by atoms with Gasteiger partial charge in [0.15, 0.2) is 0 Å². The Bertz CT molecular complexity index is 456. The minimum Gasteiger partial charge on any atom is -0.394 e. The molecule has 1 rings (SSSR count). The summed E-state index contributed by atoms with van der Waals surface area (Å²) in [6.07, 6.45) is -4.46. The van der Waals surface area contributed by atoms with Gasteiger partial charge in [0.25, 0.3) is 5.91 Å². The van der Waals surface area contributed by atoms with Gasteiger partial charge >= 0.3 is 6.18 Å². The van der Waals surface area contributed by atoms with E-state index >= 15 is 0 Å². The third kappa shape index (κ3) is 3.92. The second-order valence-electron chi connectivity index (χ2n) is 3.95. The molecule has 1 atom stereocenters. The molecule has 1 aromatic rings. The molecule has 1 amide bonds. The molecule has 3 nitrogen and oxygen atoms in total. The number of aliphatic hydroxyl groups is 1. The summed E-state index contributed by atoms with van der Waals surface area (Å²) in [5.41, 5.74) is -2.00. The van der Waals surface area contributed by atoms with Gasteiger partial charge in [-0.05, 0) is 24.6 Å². The van der Waals surface area contributed by atoms with Crippen LogP contribution in [-0.4, -0.2) is 23.7 Å². The molecule has 2 N–H and O–H groups in total. The van der Waals surface area contributed by atoms with Crippen molar-refractivity contribution in [2.45, 2.75) is 25.6 Å². The number of nitrogens with one attached hydrogen (secondary N) is 1. The second kappa shape index (κ2) is 6.01. The van der Waals surface area contributed by atoms with Crippen LogP contribution in [0.5, 0.6) is 0 Å². The quantitative estimate of drug-likeness (QED) is 0.831. The summed E-state index contributed by atoms with van der Waals surface area (Å²) in [7, 11) is 0. The minimum absolute atomic E-state index is 0.273. The van der Waals surface area contributed by atoms with Gasteiger partial charge in [0, 0.05) is 0 Å². The predicted molar refractivity (Wildman–Crippen MR) is 60.0 cm³/mol. The average molecular weight is 279 g/mol. The molecule has 0 saturated carbocycles. The number of aliphatic hydroxyl groups excluding tert-OH is 1. The Balaban J connectivity index is 3.09. The minimum atomic E-state index is -4.82. The van der Waals surface area contributed by atoms with E-state index in [1.165, 1.54) is 0 Å². The van der Waals surface area contributed by atoms with Crippen LogP contribution in [-0.2, 0) is 6.18 Å². The summed E-state index contributed by atoms with van der Waals surface area (Å²) in [4.78, 5) is 11.7. The molecule has 0 saturated heterocycles. The lowest BCUT2D eigenvalue weighted by molar-refractivity contribution is -0.138. The van der Waals surface area contributed by atoms with Crippen molar-refractivity contribution < 1.29 is 27.5 Å². The molecule has 0 fully saturated rings. The fraction of sp³-hybridized carbons (Fsp3) is 0.417. The SMILES string of the molecule is CC[C@@H](CO)NC(=O)c1ccc(F)cc1C(F)(F)F. The highest BCUT2D eigenvalue weighted by molar-refractivity contribution is 5.96. The smallest absolute Gasteiger partial charge is 0.394 e.